The Hall–Kier alpha value is -3.81. The SMILES string of the molecule is COc1ccc(OC)c(-c2cc(C(=O)N(CCC(=O)NCC3CC3)Cc3ccccc3)no2)c1. The molecule has 0 atom stereocenters. The van der Waals surface area contributed by atoms with Crippen molar-refractivity contribution in [2.24, 2.45) is 5.92 Å². The van der Waals surface area contributed by atoms with Crippen LogP contribution in [0.4, 0.5) is 0 Å². The monoisotopic (exact) mass is 463 g/mol. The molecule has 0 radical (unpaired) electrons. The van der Waals surface area contributed by atoms with Gasteiger partial charge in [0.1, 0.15) is 11.5 Å². The highest BCUT2D eigenvalue weighted by Gasteiger charge is 2.24. The third kappa shape index (κ3) is 5.95. The number of carbonyl (C=O) groups is 2. The molecule has 1 heterocycles. The lowest BCUT2D eigenvalue weighted by molar-refractivity contribution is -0.121. The second-order valence-corrected chi connectivity index (χ2v) is 8.35. The zero-order valence-corrected chi connectivity index (χ0v) is 19.5. The molecule has 2 amide bonds. The lowest BCUT2D eigenvalue weighted by Crippen LogP contribution is -2.35. The van der Waals surface area contributed by atoms with E-state index in [9.17, 15) is 9.59 Å². The maximum Gasteiger partial charge on any atom is 0.276 e. The average molecular weight is 464 g/mol. The van der Waals surface area contributed by atoms with Crippen LogP contribution in [0.5, 0.6) is 11.5 Å². The van der Waals surface area contributed by atoms with E-state index in [0.29, 0.717) is 41.8 Å². The van der Waals surface area contributed by atoms with Crippen molar-refractivity contribution in [2.75, 3.05) is 27.3 Å². The molecule has 178 valence electrons. The first kappa shape index (κ1) is 23.4. The number of nitrogens with zero attached hydrogens (tertiary/aromatic N) is 2. The summed E-state index contributed by atoms with van der Waals surface area (Å²) in [5.74, 6) is 1.83. The maximum atomic E-state index is 13.4. The second-order valence-electron chi connectivity index (χ2n) is 8.35. The second kappa shape index (κ2) is 10.9. The van der Waals surface area contributed by atoms with E-state index in [-0.39, 0.29) is 30.5 Å². The fraction of sp³-hybridized carbons (Fsp3) is 0.346. The summed E-state index contributed by atoms with van der Waals surface area (Å²) < 4.78 is 16.2. The smallest absolute Gasteiger partial charge is 0.276 e. The van der Waals surface area contributed by atoms with E-state index < -0.39 is 0 Å². The van der Waals surface area contributed by atoms with Gasteiger partial charge in [-0.25, -0.2) is 0 Å². The average Bonchev–Trinajstić information content (AvgIpc) is 3.58. The number of nitrogens with one attached hydrogen (secondary N) is 1. The van der Waals surface area contributed by atoms with Gasteiger partial charge in [-0.05, 0) is 42.5 Å². The van der Waals surface area contributed by atoms with E-state index in [1.54, 1.807) is 43.4 Å². The number of benzene rings is 2. The zero-order valence-electron chi connectivity index (χ0n) is 19.5. The van der Waals surface area contributed by atoms with Crippen molar-refractivity contribution in [3.05, 3.63) is 65.9 Å². The Balaban J connectivity index is 1.51. The lowest BCUT2D eigenvalue weighted by Gasteiger charge is -2.21. The van der Waals surface area contributed by atoms with Crippen LogP contribution in [0.2, 0.25) is 0 Å². The van der Waals surface area contributed by atoms with Gasteiger partial charge >= 0.3 is 0 Å². The largest absolute Gasteiger partial charge is 0.497 e. The number of hydrogen-bond donors (Lipinski definition) is 1. The maximum absolute atomic E-state index is 13.4. The molecule has 34 heavy (non-hydrogen) atoms. The van der Waals surface area contributed by atoms with Crippen LogP contribution in [0.15, 0.2) is 59.1 Å². The number of hydrogen-bond acceptors (Lipinski definition) is 6. The number of aromatic nitrogens is 1. The van der Waals surface area contributed by atoms with Crippen molar-refractivity contribution >= 4 is 11.8 Å². The summed E-state index contributed by atoms with van der Waals surface area (Å²) in [5, 5.41) is 6.97. The van der Waals surface area contributed by atoms with Gasteiger partial charge in [-0.2, -0.15) is 0 Å². The van der Waals surface area contributed by atoms with Crippen molar-refractivity contribution < 1.29 is 23.6 Å². The molecule has 0 aliphatic heterocycles. The minimum Gasteiger partial charge on any atom is -0.497 e. The third-order valence-corrected chi connectivity index (χ3v) is 5.80. The quantitative estimate of drug-likeness (QED) is 0.463. The lowest BCUT2D eigenvalue weighted by atomic mass is 10.1. The van der Waals surface area contributed by atoms with Crippen LogP contribution < -0.4 is 14.8 Å². The Labute approximate surface area is 198 Å². The first-order chi connectivity index (χ1) is 16.6. The molecule has 4 rings (SSSR count). The molecule has 0 bridgehead atoms. The fourth-order valence-corrected chi connectivity index (χ4v) is 3.63. The van der Waals surface area contributed by atoms with E-state index in [1.165, 1.54) is 12.8 Å². The Morgan fingerprint density at radius 2 is 1.88 bits per heavy atom. The number of carbonyl (C=O) groups excluding carboxylic acids is 2. The molecule has 8 nitrogen and oxygen atoms in total. The molecule has 1 aromatic heterocycles. The third-order valence-electron chi connectivity index (χ3n) is 5.80. The summed E-state index contributed by atoms with van der Waals surface area (Å²) in [4.78, 5) is 27.3. The number of amides is 2. The normalized spacial score (nSPS) is 12.8. The zero-order chi connectivity index (χ0) is 23.9. The van der Waals surface area contributed by atoms with Crippen LogP contribution >= 0.6 is 0 Å². The van der Waals surface area contributed by atoms with Gasteiger partial charge in [0.2, 0.25) is 5.91 Å². The number of ether oxygens (including phenoxy) is 2. The summed E-state index contributed by atoms with van der Waals surface area (Å²) in [6, 6.07) is 16.6. The highest BCUT2D eigenvalue weighted by Crippen LogP contribution is 2.34. The van der Waals surface area contributed by atoms with Crippen LogP contribution in [0, 0.1) is 5.92 Å². The molecule has 2 aromatic carbocycles. The summed E-state index contributed by atoms with van der Waals surface area (Å²) in [6.45, 7) is 1.34. The van der Waals surface area contributed by atoms with E-state index in [4.69, 9.17) is 14.0 Å². The van der Waals surface area contributed by atoms with Gasteiger partial charge < -0.3 is 24.2 Å². The molecule has 1 aliphatic carbocycles. The Morgan fingerprint density at radius 3 is 2.59 bits per heavy atom. The molecular formula is C26H29N3O5. The van der Waals surface area contributed by atoms with Gasteiger partial charge in [0.25, 0.3) is 5.91 Å². The van der Waals surface area contributed by atoms with Gasteiger partial charge in [0, 0.05) is 32.1 Å². The molecule has 3 aromatic rings. The van der Waals surface area contributed by atoms with E-state index in [2.05, 4.69) is 10.5 Å². The Kier molecular flexibility index (Phi) is 7.47. The van der Waals surface area contributed by atoms with Crippen molar-refractivity contribution in [3.8, 4) is 22.8 Å². The van der Waals surface area contributed by atoms with Crippen LogP contribution in [0.1, 0.15) is 35.3 Å². The molecule has 1 aliphatic rings. The van der Waals surface area contributed by atoms with Crippen molar-refractivity contribution in [2.45, 2.75) is 25.8 Å². The van der Waals surface area contributed by atoms with Crippen molar-refractivity contribution in [1.82, 2.24) is 15.4 Å². The van der Waals surface area contributed by atoms with Crippen LogP contribution in [0.3, 0.4) is 0 Å². The van der Waals surface area contributed by atoms with E-state index >= 15 is 0 Å². The van der Waals surface area contributed by atoms with Gasteiger partial charge in [-0.15, -0.1) is 0 Å². The van der Waals surface area contributed by atoms with Crippen LogP contribution in [-0.2, 0) is 11.3 Å². The Morgan fingerprint density at radius 1 is 1.09 bits per heavy atom. The standard InChI is InChI=1S/C26H29N3O5/c1-32-20-10-11-23(33-2)21(14-20)24-15-22(28-34-24)26(31)29(17-19-6-4-3-5-7-19)13-12-25(30)27-16-18-8-9-18/h3-7,10-11,14-15,18H,8-9,12-13,16-17H2,1-2H3,(H,27,30). The number of methoxy groups -OCH3 is 2. The molecule has 1 fully saturated rings. The summed E-state index contributed by atoms with van der Waals surface area (Å²) in [5.41, 5.74) is 1.75. The summed E-state index contributed by atoms with van der Waals surface area (Å²) in [7, 11) is 3.13. The van der Waals surface area contributed by atoms with Gasteiger partial charge in [-0.3, -0.25) is 9.59 Å². The van der Waals surface area contributed by atoms with Crippen LogP contribution in [-0.4, -0.2) is 49.2 Å². The van der Waals surface area contributed by atoms with Crippen molar-refractivity contribution in [3.63, 3.8) is 0 Å². The molecule has 1 saturated carbocycles. The molecule has 0 spiro atoms. The van der Waals surface area contributed by atoms with E-state index in [0.717, 1.165) is 5.56 Å². The van der Waals surface area contributed by atoms with Crippen molar-refractivity contribution in [1.29, 1.82) is 0 Å². The topological polar surface area (TPSA) is 93.9 Å². The predicted octanol–water partition coefficient (Wildman–Crippen LogP) is 3.92. The minimum atomic E-state index is -0.310. The summed E-state index contributed by atoms with van der Waals surface area (Å²) >= 11 is 0. The number of rotatable bonds is 11. The van der Waals surface area contributed by atoms with Gasteiger partial charge in [-0.1, -0.05) is 35.5 Å². The molecule has 1 N–H and O–H groups in total. The molecular weight excluding hydrogens is 434 g/mol. The van der Waals surface area contributed by atoms with Gasteiger partial charge in [0.15, 0.2) is 11.5 Å². The first-order valence-corrected chi connectivity index (χ1v) is 11.4. The Bertz CT molecular complexity index is 1120. The minimum absolute atomic E-state index is 0.0558. The fourth-order valence-electron chi connectivity index (χ4n) is 3.63. The predicted molar refractivity (Wildman–Crippen MR) is 127 cm³/mol. The molecule has 0 unspecified atom stereocenters. The highest BCUT2D eigenvalue weighted by atomic mass is 16.5. The first-order valence-electron chi connectivity index (χ1n) is 11.4. The van der Waals surface area contributed by atoms with E-state index in [1.807, 2.05) is 30.3 Å². The summed E-state index contributed by atoms with van der Waals surface area (Å²) in [6.07, 6.45) is 2.57. The van der Waals surface area contributed by atoms with Crippen LogP contribution in [0.25, 0.3) is 11.3 Å². The molecule has 8 heteroatoms. The van der Waals surface area contributed by atoms with Gasteiger partial charge in [0.05, 0.1) is 19.8 Å². The molecule has 0 saturated heterocycles. The highest BCUT2D eigenvalue weighted by molar-refractivity contribution is 5.93.